The summed E-state index contributed by atoms with van der Waals surface area (Å²) < 4.78 is 15.7. The molecule has 21 heavy (non-hydrogen) atoms. The van der Waals surface area contributed by atoms with Crippen LogP contribution in [-0.4, -0.2) is 43.3 Å². The molecule has 114 valence electrons. The minimum absolute atomic E-state index is 0.0446. The van der Waals surface area contributed by atoms with Gasteiger partial charge in [0.25, 0.3) is 0 Å². The third kappa shape index (κ3) is 4.17. The standard InChI is InChI=1S/C14H18N2O5/c1-14(20-5-6-21-14)8-13(18)16-15-9-10-7-11(19-2)3-4-12(10)17/h3-4,7,9,17H,5-6,8H2,1-2H3,(H,16,18)/b15-9+. The fourth-order valence-electron chi connectivity index (χ4n) is 1.93. The van der Waals surface area contributed by atoms with Crippen LogP contribution in [-0.2, 0) is 14.3 Å². The van der Waals surface area contributed by atoms with Crippen LogP contribution in [0.25, 0.3) is 0 Å². The van der Waals surface area contributed by atoms with E-state index in [0.717, 1.165) is 0 Å². The number of methoxy groups -OCH3 is 1. The van der Waals surface area contributed by atoms with Crippen LogP contribution in [0.4, 0.5) is 0 Å². The maximum Gasteiger partial charge on any atom is 0.245 e. The number of ether oxygens (including phenoxy) is 3. The Morgan fingerprint density at radius 3 is 2.90 bits per heavy atom. The molecule has 0 saturated carbocycles. The summed E-state index contributed by atoms with van der Waals surface area (Å²) in [6.45, 7) is 2.66. The van der Waals surface area contributed by atoms with Crippen LogP contribution in [0, 0.1) is 0 Å². The number of rotatable bonds is 5. The van der Waals surface area contributed by atoms with Crippen molar-refractivity contribution in [2.75, 3.05) is 20.3 Å². The van der Waals surface area contributed by atoms with Gasteiger partial charge in [-0.1, -0.05) is 0 Å². The van der Waals surface area contributed by atoms with E-state index in [0.29, 0.717) is 24.5 Å². The first kappa shape index (κ1) is 15.3. The molecule has 1 fully saturated rings. The number of hydrogen-bond acceptors (Lipinski definition) is 6. The number of nitrogens with zero attached hydrogens (tertiary/aromatic N) is 1. The van der Waals surface area contributed by atoms with Gasteiger partial charge >= 0.3 is 0 Å². The quantitative estimate of drug-likeness (QED) is 0.625. The predicted molar refractivity (Wildman–Crippen MR) is 75.3 cm³/mol. The number of aromatic hydroxyl groups is 1. The van der Waals surface area contributed by atoms with E-state index >= 15 is 0 Å². The highest BCUT2D eigenvalue weighted by atomic mass is 16.7. The lowest BCUT2D eigenvalue weighted by atomic mass is 10.2. The Morgan fingerprint density at radius 1 is 1.52 bits per heavy atom. The molecule has 1 heterocycles. The Morgan fingerprint density at radius 2 is 2.24 bits per heavy atom. The van der Waals surface area contributed by atoms with Crippen molar-refractivity contribution in [2.24, 2.45) is 5.10 Å². The maximum absolute atomic E-state index is 11.7. The lowest BCUT2D eigenvalue weighted by molar-refractivity contribution is -0.159. The first-order valence-electron chi connectivity index (χ1n) is 6.49. The van der Waals surface area contributed by atoms with Gasteiger partial charge in [-0.3, -0.25) is 4.79 Å². The van der Waals surface area contributed by atoms with E-state index in [1.165, 1.54) is 19.4 Å². The molecule has 1 aliphatic rings. The molecule has 7 heteroatoms. The number of carbonyl (C=O) groups is 1. The van der Waals surface area contributed by atoms with Crippen molar-refractivity contribution in [1.29, 1.82) is 0 Å². The van der Waals surface area contributed by atoms with Crippen molar-refractivity contribution < 1.29 is 24.1 Å². The zero-order chi connectivity index (χ0) is 15.3. The van der Waals surface area contributed by atoms with Gasteiger partial charge in [0.15, 0.2) is 5.79 Å². The zero-order valence-electron chi connectivity index (χ0n) is 12.0. The van der Waals surface area contributed by atoms with Crippen LogP contribution in [0.1, 0.15) is 18.9 Å². The predicted octanol–water partition coefficient (Wildman–Crippen LogP) is 1.00. The van der Waals surface area contributed by atoms with Crippen molar-refractivity contribution in [3.63, 3.8) is 0 Å². The minimum atomic E-state index is -0.891. The number of carbonyl (C=O) groups excluding carboxylic acids is 1. The lowest BCUT2D eigenvalue weighted by Gasteiger charge is -2.20. The van der Waals surface area contributed by atoms with Crippen LogP contribution in [0.2, 0.25) is 0 Å². The average molecular weight is 294 g/mol. The summed E-state index contributed by atoms with van der Waals surface area (Å²) in [6.07, 6.45) is 1.39. The van der Waals surface area contributed by atoms with Gasteiger partial charge in [0, 0.05) is 5.56 Å². The third-order valence-corrected chi connectivity index (χ3v) is 3.01. The summed E-state index contributed by atoms with van der Waals surface area (Å²) in [5.41, 5.74) is 2.81. The van der Waals surface area contributed by atoms with E-state index < -0.39 is 5.79 Å². The van der Waals surface area contributed by atoms with Crippen LogP contribution in [0.3, 0.4) is 0 Å². The van der Waals surface area contributed by atoms with Crippen LogP contribution in [0.15, 0.2) is 23.3 Å². The second kappa shape index (κ2) is 6.55. The highest BCUT2D eigenvalue weighted by Crippen LogP contribution is 2.22. The molecule has 1 saturated heterocycles. The molecule has 0 aromatic heterocycles. The second-order valence-electron chi connectivity index (χ2n) is 4.73. The molecule has 7 nitrogen and oxygen atoms in total. The van der Waals surface area contributed by atoms with Crippen LogP contribution in [0.5, 0.6) is 11.5 Å². The molecule has 0 spiro atoms. The second-order valence-corrected chi connectivity index (χ2v) is 4.73. The van der Waals surface area contributed by atoms with Gasteiger partial charge in [0.05, 0.1) is 33.0 Å². The fourth-order valence-corrected chi connectivity index (χ4v) is 1.93. The summed E-state index contributed by atoms with van der Waals surface area (Å²) in [5, 5.41) is 13.5. The molecule has 0 aliphatic carbocycles. The van der Waals surface area contributed by atoms with Gasteiger partial charge in [-0.15, -0.1) is 0 Å². The van der Waals surface area contributed by atoms with E-state index in [1.54, 1.807) is 19.1 Å². The van der Waals surface area contributed by atoms with Crippen molar-refractivity contribution in [3.05, 3.63) is 23.8 Å². The average Bonchev–Trinajstić information content (AvgIpc) is 2.87. The van der Waals surface area contributed by atoms with E-state index in [2.05, 4.69) is 10.5 Å². The van der Waals surface area contributed by atoms with Gasteiger partial charge in [0.2, 0.25) is 5.91 Å². The van der Waals surface area contributed by atoms with Crippen LogP contribution < -0.4 is 10.2 Å². The summed E-state index contributed by atoms with van der Waals surface area (Å²) in [7, 11) is 1.53. The van der Waals surface area contributed by atoms with Gasteiger partial charge < -0.3 is 19.3 Å². The number of hydrogen-bond donors (Lipinski definition) is 2. The maximum atomic E-state index is 11.7. The summed E-state index contributed by atoms with van der Waals surface area (Å²) in [5.74, 6) is -0.598. The van der Waals surface area contributed by atoms with E-state index in [1.807, 2.05) is 0 Å². The molecule has 2 rings (SSSR count). The molecular formula is C14H18N2O5. The lowest BCUT2D eigenvalue weighted by Crippen LogP contribution is -2.33. The fraction of sp³-hybridized carbons (Fsp3) is 0.429. The largest absolute Gasteiger partial charge is 0.507 e. The monoisotopic (exact) mass is 294 g/mol. The molecule has 1 aromatic rings. The number of phenolic OH excluding ortho intramolecular Hbond substituents is 1. The first-order valence-corrected chi connectivity index (χ1v) is 6.49. The Kier molecular flexibility index (Phi) is 4.77. The van der Waals surface area contributed by atoms with E-state index in [4.69, 9.17) is 14.2 Å². The van der Waals surface area contributed by atoms with Crippen molar-refractivity contribution in [1.82, 2.24) is 5.43 Å². The Labute approximate surface area is 122 Å². The molecule has 1 amide bonds. The van der Waals surface area contributed by atoms with Gasteiger partial charge in [0.1, 0.15) is 11.5 Å². The molecule has 1 aliphatic heterocycles. The molecule has 0 radical (unpaired) electrons. The molecular weight excluding hydrogens is 276 g/mol. The van der Waals surface area contributed by atoms with E-state index in [9.17, 15) is 9.90 Å². The molecule has 1 aromatic carbocycles. The number of phenols is 1. The normalized spacial score (nSPS) is 17.0. The van der Waals surface area contributed by atoms with E-state index in [-0.39, 0.29) is 18.1 Å². The smallest absolute Gasteiger partial charge is 0.245 e. The summed E-state index contributed by atoms with van der Waals surface area (Å²) >= 11 is 0. The van der Waals surface area contributed by atoms with Crippen molar-refractivity contribution >= 4 is 12.1 Å². The van der Waals surface area contributed by atoms with Gasteiger partial charge in [-0.25, -0.2) is 5.43 Å². The highest BCUT2D eigenvalue weighted by Gasteiger charge is 2.33. The molecule has 2 N–H and O–H groups in total. The van der Waals surface area contributed by atoms with Crippen molar-refractivity contribution in [3.8, 4) is 11.5 Å². The number of amides is 1. The van der Waals surface area contributed by atoms with Gasteiger partial charge in [-0.2, -0.15) is 5.10 Å². The third-order valence-electron chi connectivity index (χ3n) is 3.01. The van der Waals surface area contributed by atoms with Crippen LogP contribution >= 0.6 is 0 Å². The molecule has 0 bridgehead atoms. The number of nitrogens with one attached hydrogen (secondary N) is 1. The Hall–Kier alpha value is -2.12. The summed E-state index contributed by atoms with van der Waals surface area (Å²) in [4.78, 5) is 11.7. The summed E-state index contributed by atoms with van der Waals surface area (Å²) in [6, 6.07) is 4.72. The van der Waals surface area contributed by atoms with Crippen molar-refractivity contribution in [2.45, 2.75) is 19.1 Å². The SMILES string of the molecule is COc1ccc(O)c(/C=N/NC(=O)CC2(C)OCCO2)c1. The molecule has 0 unspecified atom stereocenters. The zero-order valence-corrected chi connectivity index (χ0v) is 12.0. The highest BCUT2D eigenvalue weighted by molar-refractivity contribution is 5.85. The number of hydrazone groups is 1. The Balaban J connectivity index is 1.91. The van der Waals surface area contributed by atoms with Gasteiger partial charge in [-0.05, 0) is 25.1 Å². The first-order chi connectivity index (χ1) is 10.0. The topological polar surface area (TPSA) is 89.4 Å². The Bertz CT molecular complexity index is 538. The number of benzene rings is 1. The molecule has 0 atom stereocenters. The minimum Gasteiger partial charge on any atom is -0.507 e.